The summed E-state index contributed by atoms with van der Waals surface area (Å²) in [4.78, 5) is 39.9. The first kappa shape index (κ1) is 49.0. The third-order valence-corrected chi connectivity index (χ3v) is 15.1. The molecule has 3 saturated heterocycles. The third kappa shape index (κ3) is 10.7. The fourth-order valence-electron chi connectivity index (χ4n) is 10.2. The van der Waals surface area contributed by atoms with E-state index in [1.54, 1.807) is 31.3 Å². The lowest BCUT2D eigenvalue weighted by Gasteiger charge is -2.37. The molecule has 0 bridgehead atoms. The number of likely N-dealkylation sites (tertiary alicyclic amines) is 2. The highest BCUT2D eigenvalue weighted by Gasteiger charge is 2.44. The van der Waals surface area contributed by atoms with E-state index in [-0.39, 0.29) is 60.6 Å². The van der Waals surface area contributed by atoms with Crippen LogP contribution in [0.1, 0.15) is 102 Å². The number of fused-ring (bicyclic) bond motifs is 1. The molecule has 2 amide bonds. The molecule has 4 aromatic heterocycles. The monoisotopic (exact) mass is 977 g/mol. The van der Waals surface area contributed by atoms with Gasteiger partial charge in [-0.3, -0.25) is 14.3 Å². The average molecular weight is 978 g/mol. The predicted octanol–water partition coefficient (Wildman–Crippen LogP) is 7.07. The Bertz CT molecular complexity index is 2790. The number of aromatic nitrogens is 6. The van der Waals surface area contributed by atoms with Crippen LogP contribution < -0.4 is 15.5 Å². The fraction of sp³-hybridized carbons (Fsp3) is 0.510. The largest absolute Gasteiger partial charge is 0.507 e. The number of carbonyl (C=O) groups excluding carboxylic acids is 2. The van der Waals surface area contributed by atoms with Gasteiger partial charge in [-0.25, -0.2) is 9.37 Å². The minimum absolute atomic E-state index is 0.0619. The number of nitrogens with zero attached hydrogens (tertiary/aromatic N) is 9. The molecule has 6 aromatic rings. The number of aryl methyl sites for hydroxylation is 1. The van der Waals surface area contributed by atoms with Gasteiger partial charge in [-0.2, -0.15) is 5.10 Å². The molecule has 9 rings (SSSR count). The minimum Gasteiger partial charge on any atom is -0.507 e. The number of β-amino-alcohol motifs (C(OH)–C–C–N with tert-alkyl or cyclic N) is 1. The molecule has 3 aliphatic heterocycles. The SMILES string of the molecule is Cc1ncsc1-c1ccc([C@H](C)NC(=O)[C@@H]2C[C@@H](O)CN2C(=O)C(c2cc(N3CCC(CN4CCC(n5nc(NCC(C)(C)O)c6nnc(-c7cc(F)ccc7O)cc65)CC4)CC3)no2)C(C)C)cc1. The Balaban J connectivity index is 0.793. The highest BCUT2D eigenvalue weighted by atomic mass is 32.1. The molecule has 0 radical (unpaired) electrons. The van der Waals surface area contributed by atoms with Crippen molar-refractivity contribution in [2.45, 2.75) is 109 Å². The first-order chi connectivity index (χ1) is 33.5. The summed E-state index contributed by atoms with van der Waals surface area (Å²) in [6.07, 6.45) is 2.98. The van der Waals surface area contributed by atoms with Crippen LogP contribution in [0, 0.1) is 24.6 Å². The molecule has 19 heteroatoms. The van der Waals surface area contributed by atoms with E-state index < -0.39 is 29.5 Å². The molecule has 70 heavy (non-hydrogen) atoms. The summed E-state index contributed by atoms with van der Waals surface area (Å²) in [5, 5.41) is 56.3. The highest BCUT2D eigenvalue weighted by Crippen LogP contribution is 2.37. The molecule has 0 aliphatic carbocycles. The molecule has 372 valence electrons. The standard InChI is InChI=1S/C51H64FN11O6S/c1-29(2)45(50(67)62-26-37(64)22-41(62)49(66)55-30(3)33-7-9-34(10-8-33)47-31(4)54-28-70-47)43-24-44(59-69-43)61-19-13-32(14-20-61)25-60-17-15-36(16-18-60)63-40-23-39(38-21-35(52)11-12-42(38)65)56-57-46(40)48(58-63)53-27-51(5,6)68/h7-12,21,23-24,28-30,32,36-37,41,45,64-65,68H,13-20,22,25-27H2,1-6H3,(H,53,58)(H,55,66)/t30-,37+,41-,45?/m0/s1. The Morgan fingerprint density at radius 3 is 2.41 bits per heavy atom. The predicted molar refractivity (Wildman–Crippen MR) is 266 cm³/mol. The fourth-order valence-corrected chi connectivity index (χ4v) is 11.0. The van der Waals surface area contributed by atoms with Crippen LogP contribution in [-0.4, -0.2) is 131 Å². The van der Waals surface area contributed by atoms with Crippen molar-refractivity contribution in [2.24, 2.45) is 11.8 Å². The van der Waals surface area contributed by atoms with Gasteiger partial charge in [0.1, 0.15) is 23.5 Å². The third-order valence-electron chi connectivity index (χ3n) is 14.1. The van der Waals surface area contributed by atoms with Gasteiger partial charge in [0.2, 0.25) is 11.8 Å². The number of phenolic OH excluding ortho intramolecular Hbond substituents is 1. The Hall–Kier alpha value is -6.02. The second kappa shape index (κ2) is 20.4. The summed E-state index contributed by atoms with van der Waals surface area (Å²) in [5.41, 5.74) is 5.65. The second-order valence-electron chi connectivity index (χ2n) is 20.4. The number of piperidine rings is 2. The molecule has 0 spiro atoms. The van der Waals surface area contributed by atoms with Crippen LogP contribution in [0.4, 0.5) is 16.0 Å². The molecule has 3 fully saturated rings. The van der Waals surface area contributed by atoms with Gasteiger partial charge in [-0.15, -0.1) is 21.5 Å². The van der Waals surface area contributed by atoms with Crippen molar-refractivity contribution in [1.82, 2.24) is 45.2 Å². The zero-order valence-corrected chi connectivity index (χ0v) is 41.5. The van der Waals surface area contributed by atoms with Crippen LogP contribution in [0.25, 0.3) is 32.7 Å². The molecule has 1 unspecified atom stereocenters. The van der Waals surface area contributed by atoms with Crippen LogP contribution in [0.2, 0.25) is 0 Å². The number of rotatable bonds is 15. The maximum atomic E-state index is 14.4. The first-order valence-corrected chi connectivity index (χ1v) is 25.3. The van der Waals surface area contributed by atoms with Crippen molar-refractivity contribution in [3.05, 3.63) is 82.9 Å². The molecule has 5 N–H and O–H groups in total. The quantitative estimate of drug-likeness (QED) is 0.0697. The smallest absolute Gasteiger partial charge is 0.243 e. The molecule has 2 aromatic carbocycles. The number of carbonyl (C=O) groups is 2. The molecule has 7 heterocycles. The summed E-state index contributed by atoms with van der Waals surface area (Å²) < 4.78 is 22.1. The lowest BCUT2D eigenvalue weighted by atomic mass is 9.91. The van der Waals surface area contributed by atoms with Crippen molar-refractivity contribution < 1.29 is 33.8 Å². The van der Waals surface area contributed by atoms with Crippen molar-refractivity contribution >= 4 is 45.8 Å². The first-order valence-electron chi connectivity index (χ1n) is 24.4. The van der Waals surface area contributed by atoms with Crippen LogP contribution in [0.15, 0.2) is 64.6 Å². The molecule has 3 aliphatic rings. The molecule has 0 saturated carbocycles. The van der Waals surface area contributed by atoms with Crippen molar-refractivity contribution in [2.75, 3.05) is 56.0 Å². The molecule has 17 nitrogen and oxygen atoms in total. The van der Waals surface area contributed by atoms with Gasteiger partial charge in [-0.05, 0) is 101 Å². The van der Waals surface area contributed by atoms with E-state index in [1.807, 2.05) is 68.2 Å². The number of phenols is 1. The maximum Gasteiger partial charge on any atom is 0.243 e. The van der Waals surface area contributed by atoms with E-state index >= 15 is 0 Å². The number of amides is 2. The number of aliphatic hydroxyl groups excluding tert-OH is 1. The minimum atomic E-state index is -0.989. The van der Waals surface area contributed by atoms with Gasteiger partial charge in [0.25, 0.3) is 0 Å². The number of halogens is 1. The summed E-state index contributed by atoms with van der Waals surface area (Å²) >= 11 is 1.59. The van der Waals surface area contributed by atoms with Crippen molar-refractivity contribution in [3.8, 4) is 27.4 Å². The van der Waals surface area contributed by atoms with Crippen LogP contribution in [0.3, 0.4) is 0 Å². The number of anilines is 2. The van der Waals surface area contributed by atoms with Gasteiger partial charge in [-0.1, -0.05) is 43.3 Å². The molecular formula is C51H64FN11O6S. The Kier molecular flexibility index (Phi) is 14.3. The summed E-state index contributed by atoms with van der Waals surface area (Å²) in [5.74, 6) is 0.139. The Morgan fingerprint density at radius 1 is 0.986 bits per heavy atom. The molecular weight excluding hydrogens is 914 g/mol. The van der Waals surface area contributed by atoms with E-state index in [4.69, 9.17) is 9.62 Å². The number of hydrogen-bond donors (Lipinski definition) is 5. The van der Waals surface area contributed by atoms with E-state index in [0.29, 0.717) is 40.0 Å². The topological polar surface area (TPSA) is 211 Å². The average Bonchev–Trinajstić information content (AvgIpc) is 4.16. The van der Waals surface area contributed by atoms with E-state index in [0.717, 1.165) is 80.1 Å². The number of hydrogen-bond acceptors (Lipinski definition) is 15. The van der Waals surface area contributed by atoms with E-state index in [2.05, 4.69) is 40.8 Å². The van der Waals surface area contributed by atoms with Gasteiger partial charge >= 0.3 is 0 Å². The van der Waals surface area contributed by atoms with Crippen molar-refractivity contribution in [3.63, 3.8) is 0 Å². The Morgan fingerprint density at radius 2 is 1.73 bits per heavy atom. The maximum absolute atomic E-state index is 14.4. The zero-order chi connectivity index (χ0) is 49.4. The van der Waals surface area contributed by atoms with E-state index in [9.17, 15) is 29.3 Å². The summed E-state index contributed by atoms with van der Waals surface area (Å²) in [6, 6.07) is 14.4. The second-order valence-corrected chi connectivity index (χ2v) is 21.2. The Labute approximate surface area is 411 Å². The number of aliphatic hydroxyl groups is 2. The van der Waals surface area contributed by atoms with Crippen LogP contribution in [-0.2, 0) is 9.59 Å². The zero-order valence-electron chi connectivity index (χ0n) is 40.7. The normalized spacial score (nSPS) is 19.6. The van der Waals surface area contributed by atoms with Gasteiger partial charge in [0.05, 0.1) is 51.1 Å². The van der Waals surface area contributed by atoms with Crippen LogP contribution in [0.5, 0.6) is 5.75 Å². The number of benzene rings is 2. The summed E-state index contributed by atoms with van der Waals surface area (Å²) in [6.45, 7) is 15.9. The highest BCUT2D eigenvalue weighted by molar-refractivity contribution is 7.13. The number of aromatic hydroxyl groups is 1. The lowest BCUT2D eigenvalue weighted by Crippen LogP contribution is -2.48. The van der Waals surface area contributed by atoms with Gasteiger partial charge in [0, 0.05) is 63.9 Å². The molecule has 4 atom stereocenters. The van der Waals surface area contributed by atoms with Crippen molar-refractivity contribution in [1.29, 1.82) is 0 Å². The van der Waals surface area contributed by atoms with Gasteiger partial charge in [0.15, 0.2) is 22.9 Å². The van der Waals surface area contributed by atoms with Crippen LogP contribution >= 0.6 is 11.3 Å². The number of nitrogens with one attached hydrogen (secondary N) is 2. The van der Waals surface area contributed by atoms with E-state index in [1.165, 1.54) is 23.1 Å². The lowest BCUT2D eigenvalue weighted by molar-refractivity contribution is -0.141. The number of thiazole rings is 1. The summed E-state index contributed by atoms with van der Waals surface area (Å²) in [7, 11) is 0. The van der Waals surface area contributed by atoms with Gasteiger partial charge < -0.3 is 45.2 Å².